The van der Waals surface area contributed by atoms with Crippen molar-refractivity contribution in [3.8, 4) is 0 Å². The van der Waals surface area contributed by atoms with Gasteiger partial charge < -0.3 is 19.9 Å². The Balaban J connectivity index is 1.45. The van der Waals surface area contributed by atoms with Gasteiger partial charge in [-0.05, 0) is 31.0 Å². The highest BCUT2D eigenvalue weighted by atomic mass is 16.5. The van der Waals surface area contributed by atoms with Gasteiger partial charge in [0, 0.05) is 51.9 Å². The topological polar surface area (TPSA) is 87.3 Å². The summed E-state index contributed by atoms with van der Waals surface area (Å²) >= 11 is 0. The normalized spacial score (nSPS) is 17.1. The van der Waals surface area contributed by atoms with Crippen LogP contribution in [0, 0.1) is 19.8 Å². The number of imidazole rings is 1. The number of nitrogens with zero attached hydrogens (tertiary/aromatic N) is 2. The summed E-state index contributed by atoms with van der Waals surface area (Å²) < 4.78 is 5.02. The Kier molecular flexibility index (Phi) is 6.11. The highest BCUT2D eigenvalue weighted by Gasteiger charge is 2.29. The predicted molar refractivity (Wildman–Crippen MR) is 103 cm³/mol. The molecular formula is C20H28N4O3. The highest BCUT2D eigenvalue weighted by molar-refractivity contribution is 5.81. The Morgan fingerprint density at radius 2 is 2.22 bits per heavy atom. The summed E-state index contributed by atoms with van der Waals surface area (Å²) in [7, 11) is 1.63. The van der Waals surface area contributed by atoms with Gasteiger partial charge in [-0.3, -0.25) is 9.59 Å². The van der Waals surface area contributed by atoms with E-state index in [2.05, 4.69) is 35.2 Å². The van der Waals surface area contributed by atoms with Crippen LogP contribution in [0.2, 0.25) is 0 Å². The van der Waals surface area contributed by atoms with E-state index in [0.717, 1.165) is 16.9 Å². The van der Waals surface area contributed by atoms with Gasteiger partial charge in [-0.2, -0.15) is 0 Å². The van der Waals surface area contributed by atoms with Crippen molar-refractivity contribution >= 4 is 22.8 Å². The first-order chi connectivity index (χ1) is 13.0. The fourth-order valence-electron chi connectivity index (χ4n) is 3.47. The molecule has 7 nitrogen and oxygen atoms in total. The minimum atomic E-state index is -0.00820. The third-order valence-electron chi connectivity index (χ3n) is 5.26. The molecule has 1 aromatic heterocycles. The summed E-state index contributed by atoms with van der Waals surface area (Å²) in [5, 5.41) is 2.96. The first-order valence-electron chi connectivity index (χ1n) is 9.46. The van der Waals surface area contributed by atoms with Crippen LogP contribution in [0.4, 0.5) is 0 Å². The van der Waals surface area contributed by atoms with E-state index in [9.17, 15) is 9.59 Å². The number of aromatic nitrogens is 2. The molecule has 0 aliphatic carbocycles. The van der Waals surface area contributed by atoms with Crippen LogP contribution in [0.1, 0.15) is 29.8 Å². The molecule has 2 aromatic rings. The van der Waals surface area contributed by atoms with Crippen LogP contribution in [0.3, 0.4) is 0 Å². The minimum Gasteiger partial charge on any atom is -0.383 e. The lowest BCUT2D eigenvalue weighted by molar-refractivity contribution is -0.128. The highest BCUT2D eigenvalue weighted by Crippen LogP contribution is 2.20. The van der Waals surface area contributed by atoms with Crippen molar-refractivity contribution in [2.24, 2.45) is 5.92 Å². The lowest BCUT2D eigenvalue weighted by Crippen LogP contribution is -2.32. The van der Waals surface area contributed by atoms with Crippen molar-refractivity contribution in [1.29, 1.82) is 0 Å². The number of hydrogen-bond acceptors (Lipinski definition) is 4. The molecule has 1 saturated heterocycles. The number of carbonyl (C=O) groups is 2. The fourth-order valence-corrected chi connectivity index (χ4v) is 3.47. The van der Waals surface area contributed by atoms with Crippen molar-refractivity contribution < 1.29 is 14.3 Å². The molecule has 1 aliphatic rings. The number of methoxy groups -OCH3 is 1. The van der Waals surface area contributed by atoms with Crippen LogP contribution >= 0.6 is 0 Å². The SMILES string of the molecule is COCCN1CC(CNC(=O)CCc2nc3c(C)c(C)ccc3[nH]2)CC1=O. The van der Waals surface area contributed by atoms with Gasteiger partial charge in [0.15, 0.2) is 0 Å². The van der Waals surface area contributed by atoms with Gasteiger partial charge in [-0.1, -0.05) is 6.07 Å². The van der Waals surface area contributed by atoms with E-state index < -0.39 is 0 Å². The third kappa shape index (κ3) is 4.66. The largest absolute Gasteiger partial charge is 0.383 e. The number of nitrogens with one attached hydrogen (secondary N) is 2. The molecule has 0 radical (unpaired) electrons. The predicted octanol–water partition coefficient (Wildman–Crippen LogP) is 1.72. The molecule has 0 saturated carbocycles. The lowest BCUT2D eigenvalue weighted by atomic mass is 10.1. The van der Waals surface area contributed by atoms with Crippen LogP contribution < -0.4 is 5.32 Å². The summed E-state index contributed by atoms with van der Waals surface area (Å²) in [4.78, 5) is 33.8. The summed E-state index contributed by atoms with van der Waals surface area (Å²) in [5.74, 6) is 1.14. The first kappa shape index (κ1) is 19.4. The van der Waals surface area contributed by atoms with Gasteiger partial charge in [0.1, 0.15) is 5.82 Å². The second-order valence-corrected chi connectivity index (χ2v) is 7.29. The first-order valence-corrected chi connectivity index (χ1v) is 9.46. The summed E-state index contributed by atoms with van der Waals surface area (Å²) in [5.41, 5.74) is 4.37. The van der Waals surface area contributed by atoms with E-state index in [1.807, 2.05) is 6.07 Å². The van der Waals surface area contributed by atoms with Gasteiger partial charge in [0.25, 0.3) is 0 Å². The smallest absolute Gasteiger partial charge is 0.223 e. The zero-order valence-electron chi connectivity index (χ0n) is 16.3. The minimum absolute atomic E-state index is 0.00820. The standard InChI is InChI=1S/C20H28N4O3/c1-13-4-5-16-20(14(13)2)23-17(22-16)6-7-18(25)21-11-15-10-19(26)24(12-15)8-9-27-3/h4-5,15H,6-12H2,1-3H3,(H,21,25)(H,22,23). The van der Waals surface area contributed by atoms with Crippen LogP contribution in [0.25, 0.3) is 11.0 Å². The van der Waals surface area contributed by atoms with E-state index in [4.69, 9.17) is 4.74 Å². The van der Waals surface area contributed by atoms with Crippen molar-refractivity contribution in [3.63, 3.8) is 0 Å². The molecule has 3 rings (SSSR count). The maximum absolute atomic E-state index is 12.2. The van der Waals surface area contributed by atoms with E-state index in [1.165, 1.54) is 11.1 Å². The molecule has 1 fully saturated rings. The number of hydrogen-bond donors (Lipinski definition) is 2. The fraction of sp³-hybridized carbons (Fsp3) is 0.550. The molecule has 1 aliphatic heterocycles. The Hall–Kier alpha value is -2.41. The molecule has 1 unspecified atom stereocenters. The van der Waals surface area contributed by atoms with Gasteiger partial charge in [0.05, 0.1) is 17.6 Å². The second-order valence-electron chi connectivity index (χ2n) is 7.29. The lowest BCUT2D eigenvalue weighted by Gasteiger charge is -2.16. The number of amides is 2. The average molecular weight is 372 g/mol. The van der Waals surface area contributed by atoms with Gasteiger partial charge in [-0.15, -0.1) is 0 Å². The molecule has 2 N–H and O–H groups in total. The summed E-state index contributed by atoms with van der Waals surface area (Å²) in [6, 6.07) is 4.10. The molecule has 2 heterocycles. The number of ether oxygens (including phenoxy) is 1. The molecular weight excluding hydrogens is 344 g/mol. The molecule has 1 aromatic carbocycles. The van der Waals surface area contributed by atoms with Crippen molar-refractivity contribution in [1.82, 2.24) is 20.2 Å². The summed E-state index contributed by atoms with van der Waals surface area (Å²) in [6.45, 7) is 6.51. The number of likely N-dealkylation sites (tertiary alicyclic amines) is 1. The molecule has 0 bridgehead atoms. The molecule has 146 valence electrons. The number of benzene rings is 1. The number of aryl methyl sites for hydroxylation is 3. The maximum Gasteiger partial charge on any atom is 0.223 e. The molecule has 2 amide bonds. The molecule has 0 spiro atoms. The zero-order chi connectivity index (χ0) is 19.4. The monoisotopic (exact) mass is 372 g/mol. The van der Waals surface area contributed by atoms with Crippen molar-refractivity contribution in [2.45, 2.75) is 33.1 Å². The zero-order valence-corrected chi connectivity index (χ0v) is 16.3. The van der Waals surface area contributed by atoms with Crippen molar-refractivity contribution in [2.75, 3.05) is 33.4 Å². The third-order valence-corrected chi connectivity index (χ3v) is 5.26. The van der Waals surface area contributed by atoms with Crippen LogP contribution in [-0.4, -0.2) is 60.0 Å². The number of H-pyrrole nitrogens is 1. The Bertz CT molecular complexity index is 830. The number of carbonyl (C=O) groups excluding carboxylic acids is 2. The Morgan fingerprint density at radius 1 is 1.41 bits per heavy atom. The number of aromatic amines is 1. The number of fused-ring (bicyclic) bond motifs is 1. The van der Waals surface area contributed by atoms with Crippen LogP contribution in [-0.2, 0) is 20.7 Å². The maximum atomic E-state index is 12.2. The van der Waals surface area contributed by atoms with Gasteiger partial charge in [0.2, 0.25) is 11.8 Å². The summed E-state index contributed by atoms with van der Waals surface area (Å²) in [6.07, 6.45) is 1.45. The van der Waals surface area contributed by atoms with Crippen LogP contribution in [0.5, 0.6) is 0 Å². The number of rotatable bonds is 8. The van der Waals surface area contributed by atoms with E-state index >= 15 is 0 Å². The van der Waals surface area contributed by atoms with Gasteiger partial charge in [-0.25, -0.2) is 4.98 Å². The second kappa shape index (κ2) is 8.52. The Morgan fingerprint density at radius 3 is 3.00 bits per heavy atom. The molecule has 1 atom stereocenters. The van der Waals surface area contributed by atoms with Crippen LogP contribution in [0.15, 0.2) is 12.1 Å². The molecule has 27 heavy (non-hydrogen) atoms. The van der Waals surface area contributed by atoms with E-state index in [-0.39, 0.29) is 17.7 Å². The average Bonchev–Trinajstić information content (AvgIpc) is 3.23. The van der Waals surface area contributed by atoms with Gasteiger partial charge >= 0.3 is 0 Å². The molecule has 7 heteroatoms. The van der Waals surface area contributed by atoms with E-state index in [0.29, 0.717) is 45.5 Å². The van der Waals surface area contributed by atoms with E-state index in [1.54, 1.807) is 12.0 Å². The quantitative estimate of drug-likeness (QED) is 0.739. The Labute approximate surface area is 159 Å². The van der Waals surface area contributed by atoms with Crippen molar-refractivity contribution in [3.05, 3.63) is 29.1 Å².